The maximum Gasteiger partial charge on any atom is 0.395 e. The van der Waals surface area contributed by atoms with E-state index in [4.69, 9.17) is 0 Å². The van der Waals surface area contributed by atoms with Crippen LogP contribution in [0.1, 0.15) is 65.5 Å². The van der Waals surface area contributed by atoms with Crippen LogP contribution < -0.4 is 10.6 Å². The van der Waals surface area contributed by atoms with E-state index in [2.05, 4.69) is 22.8 Å². The zero-order valence-electron chi connectivity index (χ0n) is 16.9. The molecule has 2 unspecified atom stereocenters. The van der Waals surface area contributed by atoms with Crippen LogP contribution >= 0.6 is 0 Å². The summed E-state index contributed by atoms with van der Waals surface area (Å²) in [6.07, 6.45) is -0.447. The third-order valence-corrected chi connectivity index (χ3v) is 6.48. The third kappa shape index (κ3) is 4.51. The van der Waals surface area contributed by atoms with Crippen molar-refractivity contribution in [3.8, 4) is 0 Å². The fraction of sp³-hybridized carbons (Fsp3) is 0.500. The van der Waals surface area contributed by atoms with E-state index in [1.54, 1.807) is 0 Å². The largest absolute Gasteiger partial charge is 0.395 e. The zero-order chi connectivity index (χ0) is 20.4. The van der Waals surface area contributed by atoms with Crippen molar-refractivity contribution in [2.45, 2.75) is 69.8 Å². The van der Waals surface area contributed by atoms with Crippen molar-refractivity contribution in [2.75, 3.05) is 6.54 Å². The first-order chi connectivity index (χ1) is 13.9. The van der Waals surface area contributed by atoms with Gasteiger partial charge in [0, 0.05) is 18.6 Å². The summed E-state index contributed by atoms with van der Waals surface area (Å²) in [6, 6.07) is 14.7. The number of fused-ring (bicyclic) bond motifs is 1. The summed E-state index contributed by atoms with van der Waals surface area (Å²) >= 11 is 0. The molecule has 4 rings (SSSR count). The van der Waals surface area contributed by atoms with E-state index in [1.807, 2.05) is 37.3 Å². The summed E-state index contributed by atoms with van der Waals surface area (Å²) in [7, 11) is 0. The lowest BCUT2D eigenvalue weighted by Gasteiger charge is -2.34. The lowest BCUT2D eigenvalue weighted by molar-refractivity contribution is -0.153. The molecule has 0 aromatic heterocycles. The van der Waals surface area contributed by atoms with Crippen molar-refractivity contribution in [1.29, 1.82) is 0 Å². The number of piperidine rings is 1. The van der Waals surface area contributed by atoms with E-state index in [-0.39, 0.29) is 18.5 Å². The van der Waals surface area contributed by atoms with Crippen molar-refractivity contribution < 1.29 is 13.2 Å². The van der Waals surface area contributed by atoms with E-state index in [1.165, 1.54) is 5.56 Å². The average Bonchev–Trinajstić information content (AvgIpc) is 2.72. The van der Waals surface area contributed by atoms with Crippen LogP contribution in [-0.4, -0.2) is 18.8 Å². The highest BCUT2D eigenvalue weighted by Gasteiger charge is 2.42. The van der Waals surface area contributed by atoms with Gasteiger partial charge in [-0.3, -0.25) is 0 Å². The maximum absolute atomic E-state index is 13.5. The number of rotatable bonds is 4. The van der Waals surface area contributed by atoms with E-state index in [0.717, 1.165) is 42.5 Å². The molecule has 0 radical (unpaired) electrons. The molecular weight excluding hydrogens is 373 g/mol. The van der Waals surface area contributed by atoms with Gasteiger partial charge in [0.05, 0.1) is 5.92 Å². The molecule has 1 aliphatic carbocycles. The molecule has 29 heavy (non-hydrogen) atoms. The second kappa shape index (κ2) is 8.49. The van der Waals surface area contributed by atoms with Gasteiger partial charge in [-0.05, 0) is 73.4 Å². The Hall–Kier alpha value is -1.85. The fourth-order valence-electron chi connectivity index (χ4n) is 4.92. The Morgan fingerprint density at radius 2 is 1.86 bits per heavy atom. The molecular formula is C24H29F3N2. The van der Waals surface area contributed by atoms with Gasteiger partial charge in [0.15, 0.2) is 0 Å². The Morgan fingerprint density at radius 3 is 2.62 bits per heavy atom. The van der Waals surface area contributed by atoms with Crippen LogP contribution in [0.2, 0.25) is 0 Å². The summed E-state index contributed by atoms with van der Waals surface area (Å²) in [5.74, 6) is -1.32. The first-order valence-electron chi connectivity index (χ1n) is 10.6. The summed E-state index contributed by atoms with van der Waals surface area (Å²) in [5, 5.41) is 7.25. The number of alkyl halides is 3. The molecule has 1 aliphatic heterocycles. The second-order valence-corrected chi connectivity index (χ2v) is 8.44. The molecule has 2 aromatic carbocycles. The molecule has 1 heterocycles. The van der Waals surface area contributed by atoms with Crippen molar-refractivity contribution in [1.82, 2.24) is 10.6 Å². The van der Waals surface area contributed by atoms with Crippen LogP contribution in [0.5, 0.6) is 0 Å². The van der Waals surface area contributed by atoms with Crippen molar-refractivity contribution in [3.05, 3.63) is 70.3 Å². The third-order valence-electron chi connectivity index (χ3n) is 6.48. The minimum absolute atomic E-state index is 0.203. The minimum atomic E-state index is -4.17. The van der Waals surface area contributed by atoms with Crippen LogP contribution in [0.25, 0.3) is 0 Å². The SMILES string of the molecule is Cc1cc2c(cc1CNC1CCCNC1c1ccccc1)[C@@H](C(F)(F)F)CCC2. The van der Waals surface area contributed by atoms with Crippen molar-refractivity contribution >= 4 is 0 Å². The first-order valence-corrected chi connectivity index (χ1v) is 10.6. The summed E-state index contributed by atoms with van der Waals surface area (Å²) in [5.41, 5.74) is 4.69. The van der Waals surface area contributed by atoms with E-state index in [0.29, 0.717) is 18.5 Å². The first kappa shape index (κ1) is 20.4. The maximum atomic E-state index is 13.5. The van der Waals surface area contributed by atoms with Crippen LogP contribution in [0.15, 0.2) is 42.5 Å². The molecule has 2 aliphatic rings. The molecule has 0 spiro atoms. The monoisotopic (exact) mass is 402 g/mol. The Morgan fingerprint density at radius 1 is 1.07 bits per heavy atom. The van der Waals surface area contributed by atoms with Crippen LogP contribution in [0.4, 0.5) is 13.2 Å². The number of benzene rings is 2. The van der Waals surface area contributed by atoms with E-state index >= 15 is 0 Å². The van der Waals surface area contributed by atoms with Gasteiger partial charge in [0.2, 0.25) is 0 Å². The summed E-state index contributed by atoms with van der Waals surface area (Å²) < 4.78 is 40.6. The molecule has 0 saturated carbocycles. The molecule has 2 N–H and O–H groups in total. The van der Waals surface area contributed by atoms with Gasteiger partial charge in [-0.25, -0.2) is 0 Å². The Balaban J connectivity index is 1.53. The van der Waals surface area contributed by atoms with Crippen molar-refractivity contribution in [2.24, 2.45) is 0 Å². The second-order valence-electron chi connectivity index (χ2n) is 8.44. The lowest BCUT2D eigenvalue weighted by atomic mass is 9.80. The van der Waals surface area contributed by atoms with Crippen molar-refractivity contribution in [3.63, 3.8) is 0 Å². The molecule has 3 atom stereocenters. The molecule has 5 heteroatoms. The van der Waals surface area contributed by atoms with Gasteiger partial charge in [-0.15, -0.1) is 0 Å². The standard InChI is InChI=1S/C24H29F3N2/c1-16-13-18-9-5-10-21(24(25,26)27)20(18)14-19(16)15-29-22-11-6-12-28-23(22)17-7-3-2-4-8-17/h2-4,7-8,13-14,21-23,28-29H,5-6,9-12,15H2,1H3/t21-,22?,23?/m0/s1. The molecule has 156 valence electrons. The van der Waals surface area contributed by atoms with Crippen LogP contribution in [0.3, 0.4) is 0 Å². The van der Waals surface area contributed by atoms with E-state index < -0.39 is 12.1 Å². The normalized spacial score (nSPS) is 24.9. The van der Waals surface area contributed by atoms with Gasteiger partial charge < -0.3 is 10.6 Å². The highest BCUT2D eigenvalue weighted by Crippen LogP contribution is 2.43. The Kier molecular flexibility index (Phi) is 5.98. The number of halogens is 3. The van der Waals surface area contributed by atoms with Crippen LogP contribution in [0, 0.1) is 6.92 Å². The smallest absolute Gasteiger partial charge is 0.309 e. The number of nitrogens with one attached hydrogen (secondary N) is 2. The summed E-state index contributed by atoms with van der Waals surface area (Å²) in [4.78, 5) is 0. The zero-order valence-corrected chi connectivity index (χ0v) is 16.9. The van der Waals surface area contributed by atoms with Gasteiger partial charge in [-0.2, -0.15) is 13.2 Å². The average molecular weight is 403 g/mol. The van der Waals surface area contributed by atoms with Gasteiger partial charge in [-0.1, -0.05) is 42.5 Å². The predicted molar refractivity (Wildman–Crippen MR) is 110 cm³/mol. The Bertz CT molecular complexity index is 832. The van der Waals surface area contributed by atoms with Gasteiger partial charge in [0.1, 0.15) is 0 Å². The van der Waals surface area contributed by atoms with Gasteiger partial charge >= 0.3 is 6.18 Å². The predicted octanol–water partition coefficient (Wildman–Crippen LogP) is 5.56. The van der Waals surface area contributed by atoms with Crippen LogP contribution in [-0.2, 0) is 13.0 Å². The molecule has 0 bridgehead atoms. The van der Waals surface area contributed by atoms with E-state index in [9.17, 15) is 13.2 Å². The number of hydrogen-bond acceptors (Lipinski definition) is 2. The highest BCUT2D eigenvalue weighted by atomic mass is 19.4. The molecule has 2 aromatic rings. The Labute approximate surface area is 170 Å². The summed E-state index contributed by atoms with van der Waals surface area (Å²) in [6.45, 7) is 3.60. The van der Waals surface area contributed by atoms with Gasteiger partial charge in [0.25, 0.3) is 0 Å². The molecule has 1 fully saturated rings. The quantitative estimate of drug-likeness (QED) is 0.700. The molecule has 0 amide bonds. The highest BCUT2D eigenvalue weighted by molar-refractivity contribution is 5.42. The fourth-order valence-corrected chi connectivity index (χ4v) is 4.92. The number of aryl methyl sites for hydroxylation is 2. The minimum Gasteiger partial charge on any atom is -0.309 e. The lowest BCUT2D eigenvalue weighted by Crippen LogP contribution is -2.45. The molecule has 1 saturated heterocycles. The number of hydrogen-bond donors (Lipinski definition) is 2. The topological polar surface area (TPSA) is 24.1 Å². The molecule has 2 nitrogen and oxygen atoms in total.